The van der Waals surface area contributed by atoms with Gasteiger partial charge in [0.25, 0.3) is 5.91 Å². The third kappa shape index (κ3) is 5.62. The maximum absolute atomic E-state index is 12.0. The topological polar surface area (TPSA) is 49.3 Å². The zero-order valence-electron chi connectivity index (χ0n) is 11.4. The lowest BCUT2D eigenvalue weighted by Crippen LogP contribution is -2.29. The number of aliphatic hydroxyl groups is 1. The van der Waals surface area contributed by atoms with Crippen molar-refractivity contribution in [1.29, 1.82) is 0 Å². The highest BCUT2D eigenvalue weighted by Gasteiger charge is 2.10. The monoisotopic (exact) mass is 283 g/mol. The largest absolute Gasteiger partial charge is 0.396 e. The maximum atomic E-state index is 12.0. The van der Waals surface area contributed by atoms with Gasteiger partial charge in [-0.05, 0) is 36.5 Å². The van der Waals surface area contributed by atoms with Crippen LogP contribution in [0.15, 0.2) is 24.3 Å². The number of hydrogen-bond acceptors (Lipinski definition) is 2. The van der Waals surface area contributed by atoms with Crippen LogP contribution in [0.4, 0.5) is 0 Å². The Morgan fingerprint density at radius 1 is 1.32 bits per heavy atom. The molecule has 0 bridgehead atoms. The van der Waals surface area contributed by atoms with Crippen LogP contribution in [-0.4, -0.2) is 24.2 Å². The molecule has 0 saturated heterocycles. The smallest absolute Gasteiger partial charge is 0.251 e. The van der Waals surface area contributed by atoms with Crippen molar-refractivity contribution in [3.63, 3.8) is 0 Å². The van der Waals surface area contributed by atoms with Gasteiger partial charge in [-0.3, -0.25) is 4.79 Å². The van der Waals surface area contributed by atoms with Crippen molar-refractivity contribution in [2.24, 2.45) is 5.92 Å². The highest BCUT2D eigenvalue weighted by atomic mass is 35.5. The van der Waals surface area contributed by atoms with Crippen LogP contribution in [0.3, 0.4) is 0 Å². The Morgan fingerprint density at radius 3 is 2.53 bits per heavy atom. The van der Waals surface area contributed by atoms with E-state index in [0.717, 1.165) is 24.8 Å². The molecule has 0 aliphatic rings. The van der Waals surface area contributed by atoms with Crippen LogP contribution in [0, 0.1) is 5.92 Å². The molecule has 0 aliphatic carbocycles. The summed E-state index contributed by atoms with van der Waals surface area (Å²) in [5.74, 6) is 0.734. The highest BCUT2D eigenvalue weighted by molar-refractivity contribution is 6.17. The summed E-state index contributed by atoms with van der Waals surface area (Å²) in [6.45, 7) is 2.90. The van der Waals surface area contributed by atoms with Gasteiger partial charge in [0.15, 0.2) is 0 Å². The van der Waals surface area contributed by atoms with E-state index in [-0.39, 0.29) is 12.5 Å². The van der Waals surface area contributed by atoms with Crippen LogP contribution in [0.1, 0.15) is 42.1 Å². The van der Waals surface area contributed by atoms with E-state index < -0.39 is 0 Å². The molecule has 1 aromatic rings. The predicted molar refractivity (Wildman–Crippen MR) is 78.4 cm³/mol. The average Bonchev–Trinajstić information content (AvgIpc) is 2.45. The summed E-state index contributed by atoms with van der Waals surface area (Å²) in [7, 11) is 0. The molecule has 3 nitrogen and oxygen atoms in total. The first kappa shape index (κ1) is 16.0. The van der Waals surface area contributed by atoms with E-state index >= 15 is 0 Å². The van der Waals surface area contributed by atoms with Gasteiger partial charge in [0, 0.05) is 24.6 Å². The number of halogens is 1. The first-order valence-electron chi connectivity index (χ1n) is 6.75. The molecule has 0 spiro atoms. The molecule has 0 fully saturated rings. The minimum Gasteiger partial charge on any atom is -0.396 e. The Kier molecular flexibility index (Phi) is 7.53. The van der Waals surface area contributed by atoms with Gasteiger partial charge in [-0.25, -0.2) is 0 Å². The van der Waals surface area contributed by atoms with Crippen molar-refractivity contribution in [3.8, 4) is 0 Å². The number of carbonyl (C=O) groups is 1. The summed E-state index contributed by atoms with van der Waals surface area (Å²) < 4.78 is 0. The number of amides is 1. The molecule has 4 heteroatoms. The van der Waals surface area contributed by atoms with Gasteiger partial charge >= 0.3 is 0 Å². The van der Waals surface area contributed by atoms with Gasteiger partial charge in [0.2, 0.25) is 0 Å². The quantitative estimate of drug-likeness (QED) is 0.721. The van der Waals surface area contributed by atoms with Crippen LogP contribution in [-0.2, 0) is 5.88 Å². The fourth-order valence-corrected chi connectivity index (χ4v) is 2.20. The molecule has 0 radical (unpaired) electrons. The number of hydrogen-bond donors (Lipinski definition) is 2. The zero-order valence-corrected chi connectivity index (χ0v) is 12.1. The summed E-state index contributed by atoms with van der Waals surface area (Å²) in [6.07, 6.45) is 2.82. The Bertz CT molecular complexity index is 372. The van der Waals surface area contributed by atoms with Gasteiger partial charge in [0.1, 0.15) is 0 Å². The molecule has 106 valence electrons. The molecule has 0 aliphatic heterocycles. The van der Waals surface area contributed by atoms with E-state index in [1.165, 1.54) is 0 Å². The maximum Gasteiger partial charge on any atom is 0.251 e. The number of rotatable bonds is 8. The van der Waals surface area contributed by atoms with Crippen molar-refractivity contribution in [1.82, 2.24) is 5.32 Å². The second kappa shape index (κ2) is 8.94. The van der Waals surface area contributed by atoms with Crippen LogP contribution in [0.5, 0.6) is 0 Å². The molecule has 1 aromatic carbocycles. The Hall–Kier alpha value is -1.06. The molecular formula is C15H22ClNO2. The van der Waals surface area contributed by atoms with E-state index in [4.69, 9.17) is 16.7 Å². The number of benzene rings is 1. The fourth-order valence-electron chi connectivity index (χ4n) is 2.02. The third-order valence-electron chi connectivity index (χ3n) is 3.16. The van der Waals surface area contributed by atoms with Crippen molar-refractivity contribution < 1.29 is 9.90 Å². The summed E-state index contributed by atoms with van der Waals surface area (Å²) >= 11 is 5.71. The Balaban J connectivity index is 2.48. The van der Waals surface area contributed by atoms with Crippen molar-refractivity contribution in [2.75, 3.05) is 13.2 Å². The van der Waals surface area contributed by atoms with Gasteiger partial charge in [-0.1, -0.05) is 25.5 Å². The minimum absolute atomic E-state index is 0.0693. The lowest BCUT2D eigenvalue weighted by molar-refractivity contribution is 0.0943. The SMILES string of the molecule is CCCC(CCO)CNC(=O)c1ccc(CCl)cc1. The van der Waals surface area contributed by atoms with E-state index in [1.807, 2.05) is 12.1 Å². The molecule has 1 amide bonds. The molecule has 0 heterocycles. The Morgan fingerprint density at radius 2 is 2.00 bits per heavy atom. The van der Waals surface area contributed by atoms with Crippen LogP contribution >= 0.6 is 11.6 Å². The predicted octanol–water partition coefficient (Wildman–Crippen LogP) is 2.95. The van der Waals surface area contributed by atoms with Crippen LogP contribution < -0.4 is 5.32 Å². The van der Waals surface area contributed by atoms with Gasteiger partial charge in [-0.2, -0.15) is 0 Å². The van der Waals surface area contributed by atoms with E-state index in [2.05, 4.69) is 12.2 Å². The third-order valence-corrected chi connectivity index (χ3v) is 3.46. The molecule has 19 heavy (non-hydrogen) atoms. The van der Waals surface area contributed by atoms with Gasteiger partial charge < -0.3 is 10.4 Å². The summed E-state index contributed by atoms with van der Waals surface area (Å²) in [4.78, 5) is 12.0. The zero-order chi connectivity index (χ0) is 14.1. The van der Waals surface area contributed by atoms with Crippen LogP contribution in [0.25, 0.3) is 0 Å². The summed E-state index contributed by atoms with van der Waals surface area (Å²) in [5, 5.41) is 11.9. The van der Waals surface area contributed by atoms with Gasteiger partial charge in [-0.15, -0.1) is 11.6 Å². The molecule has 1 unspecified atom stereocenters. The number of alkyl halides is 1. The first-order chi connectivity index (χ1) is 9.21. The van der Waals surface area contributed by atoms with E-state index in [1.54, 1.807) is 12.1 Å². The standard InChI is InChI=1S/C15H22ClNO2/c1-2-3-13(8-9-18)11-17-15(19)14-6-4-12(10-16)5-7-14/h4-7,13,18H,2-3,8-11H2,1H3,(H,17,19). The highest BCUT2D eigenvalue weighted by Crippen LogP contribution is 2.10. The fraction of sp³-hybridized carbons (Fsp3) is 0.533. The van der Waals surface area contributed by atoms with Gasteiger partial charge in [0.05, 0.1) is 0 Å². The number of nitrogens with one attached hydrogen (secondary N) is 1. The number of aliphatic hydroxyl groups excluding tert-OH is 1. The normalized spacial score (nSPS) is 12.2. The van der Waals surface area contributed by atoms with Crippen LogP contribution in [0.2, 0.25) is 0 Å². The van der Waals surface area contributed by atoms with E-state index in [9.17, 15) is 4.79 Å². The van der Waals surface area contributed by atoms with E-state index in [0.29, 0.717) is 23.9 Å². The minimum atomic E-state index is -0.0693. The molecule has 1 rings (SSSR count). The molecule has 1 atom stereocenters. The summed E-state index contributed by atoms with van der Waals surface area (Å²) in [6, 6.07) is 7.29. The van der Waals surface area contributed by atoms with Crippen molar-refractivity contribution in [3.05, 3.63) is 35.4 Å². The van der Waals surface area contributed by atoms with Crippen molar-refractivity contribution >= 4 is 17.5 Å². The molecular weight excluding hydrogens is 262 g/mol. The molecule has 0 saturated carbocycles. The first-order valence-corrected chi connectivity index (χ1v) is 7.28. The lowest BCUT2D eigenvalue weighted by atomic mass is 10.00. The summed E-state index contributed by atoms with van der Waals surface area (Å²) in [5.41, 5.74) is 1.65. The molecule has 2 N–H and O–H groups in total. The second-order valence-electron chi connectivity index (χ2n) is 4.71. The molecule has 0 aromatic heterocycles. The van der Waals surface area contributed by atoms with Crippen molar-refractivity contribution in [2.45, 2.75) is 32.1 Å². The Labute approximate surface area is 120 Å². The average molecular weight is 284 g/mol. The lowest BCUT2D eigenvalue weighted by Gasteiger charge is -2.15. The second-order valence-corrected chi connectivity index (χ2v) is 4.97. The number of carbonyl (C=O) groups excluding carboxylic acids is 1.